The predicted molar refractivity (Wildman–Crippen MR) is 118 cm³/mol. The highest BCUT2D eigenvalue weighted by Gasteiger charge is 2.25. The summed E-state index contributed by atoms with van der Waals surface area (Å²) in [5, 5.41) is 7.67. The van der Waals surface area contributed by atoms with E-state index in [1.54, 1.807) is 6.08 Å². The fourth-order valence-electron chi connectivity index (χ4n) is 4.46. The van der Waals surface area contributed by atoms with Gasteiger partial charge in [-0.15, -0.1) is 0 Å². The van der Waals surface area contributed by atoms with Gasteiger partial charge in [-0.05, 0) is 66.6 Å². The van der Waals surface area contributed by atoms with Crippen LogP contribution in [0.3, 0.4) is 0 Å². The molecule has 2 aromatic carbocycles. The molecule has 5 heteroatoms. The van der Waals surface area contributed by atoms with Gasteiger partial charge in [0.1, 0.15) is 11.6 Å². The third-order valence-electron chi connectivity index (χ3n) is 5.99. The first-order valence-corrected chi connectivity index (χ1v) is 10.6. The largest absolute Gasteiger partial charge is 0.493 e. The van der Waals surface area contributed by atoms with E-state index in [0.29, 0.717) is 0 Å². The number of carbonyl (C=O) groups is 1. The molecule has 0 saturated heterocycles. The first kappa shape index (κ1) is 18.7. The number of aromatic nitrogens is 2. The molecule has 1 unspecified atom stereocenters. The lowest BCUT2D eigenvalue weighted by Gasteiger charge is -2.27. The lowest BCUT2D eigenvalue weighted by molar-refractivity contribution is -0.111. The fourth-order valence-corrected chi connectivity index (χ4v) is 4.46. The Kier molecular flexibility index (Phi) is 4.87. The smallest absolute Gasteiger partial charge is 0.249 e. The second kappa shape index (κ2) is 7.82. The topological polar surface area (TPSA) is 56.2 Å². The molecule has 2 heterocycles. The Labute approximate surface area is 176 Å². The van der Waals surface area contributed by atoms with Crippen LogP contribution in [0.15, 0.2) is 54.7 Å². The molecule has 30 heavy (non-hydrogen) atoms. The first-order valence-electron chi connectivity index (χ1n) is 10.6. The quantitative estimate of drug-likeness (QED) is 0.647. The van der Waals surface area contributed by atoms with Crippen LogP contribution in [0.2, 0.25) is 0 Å². The van der Waals surface area contributed by atoms with Gasteiger partial charge in [0, 0.05) is 18.1 Å². The summed E-state index contributed by atoms with van der Waals surface area (Å²) in [6, 6.07) is 14.7. The van der Waals surface area contributed by atoms with Crippen LogP contribution in [0.1, 0.15) is 46.7 Å². The van der Waals surface area contributed by atoms with Crippen molar-refractivity contribution in [2.24, 2.45) is 0 Å². The van der Waals surface area contributed by atoms with Crippen molar-refractivity contribution < 1.29 is 9.53 Å². The standard InChI is InChI=1S/C25H25N3O2/c1-17-16-26-28(22-8-4-6-19-5-2-3-7-21(19)22)25(17)27-24(29)12-10-18-9-11-23-20(15-18)13-14-30-23/h2-3,5,7,9-12,15-16,22H,4,6,8,13-14H2,1H3,(H,27,29)/b12-10+. The van der Waals surface area contributed by atoms with Crippen molar-refractivity contribution in [3.63, 3.8) is 0 Å². The number of nitrogens with one attached hydrogen (secondary N) is 1. The van der Waals surface area contributed by atoms with Gasteiger partial charge in [-0.2, -0.15) is 5.10 Å². The van der Waals surface area contributed by atoms with Crippen LogP contribution in [0, 0.1) is 6.92 Å². The molecule has 3 aromatic rings. The number of aryl methyl sites for hydroxylation is 2. The van der Waals surface area contributed by atoms with Crippen molar-refractivity contribution in [2.75, 3.05) is 11.9 Å². The number of ether oxygens (including phenoxy) is 1. The summed E-state index contributed by atoms with van der Waals surface area (Å²) in [4.78, 5) is 12.7. The van der Waals surface area contributed by atoms with Crippen LogP contribution >= 0.6 is 0 Å². The molecule has 1 N–H and O–H groups in total. The molecule has 1 aliphatic carbocycles. The molecule has 0 spiro atoms. The number of nitrogens with zero attached hydrogens (tertiary/aromatic N) is 2. The Bertz CT molecular complexity index is 1130. The van der Waals surface area contributed by atoms with E-state index in [4.69, 9.17) is 4.74 Å². The van der Waals surface area contributed by atoms with Gasteiger partial charge in [-0.3, -0.25) is 4.79 Å². The van der Waals surface area contributed by atoms with Crippen molar-refractivity contribution in [2.45, 2.75) is 38.6 Å². The van der Waals surface area contributed by atoms with Crippen molar-refractivity contribution in [1.29, 1.82) is 0 Å². The lowest BCUT2D eigenvalue weighted by Crippen LogP contribution is -2.22. The molecule has 2 aliphatic rings. The highest BCUT2D eigenvalue weighted by molar-refractivity contribution is 6.01. The maximum absolute atomic E-state index is 12.7. The normalized spacial score (nSPS) is 17.4. The van der Waals surface area contributed by atoms with Gasteiger partial charge in [-0.25, -0.2) is 4.68 Å². The summed E-state index contributed by atoms with van der Waals surface area (Å²) in [6.45, 7) is 2.72. The van der Waals surface area contributed by atoms with E-state index >= 15 is 0 Å². The zero-order valence-corrected chi connectivity index (χ0v) is 17.1. The maximum atomic E-state index is 12.7. The van der Waals surface area contributed by atoms with E-state index in [2.05, 4.69) is 40.7 Å². The molecule has 1 aliphatic heterocycles. The third-order valence-corrected chi connectivity index (χ3v) is 5.99. The van der Waals surface area contributed by atoms with Crippen LogP contribution in [0.4, 0.5) is 5.82 Å². The van der Waals surface area contributed by atoms with Crippen LogP contribution in [-0.2, 0) is 17.6 Å². The van der Waals surface area contributed by atoms with Crippen molar-refractivity contribution in [3.05, 3.63) is 82.6 Å². The van der Waals surface area contributed by atoms with Crippen LogP contribution in [0.5, 0.6) is 5.75 Å². The molecule has 5 nitrogen and oxygen atoms in total. The summed E-state index contributed by atoms with van der Waals surface area (Å²) in [5.74, 6) is 1.57. The number of fused-ring (bicyclic) bond motifs is 2. The van der Waals surface area contributed by atoms with Gasteiger partial charge < -0.3 is 10.1 Å². The molecular formula is C25H25N3O2. The first-order chi connectivity index (χ1) is 14.7. The minimum absolute atomic E-state index is 0.152. The van der Waals surface area contributed by atoms with Gasteiger partial charge in [0.2, 0.25) is 5.91 Å². The molecule has 0 radical (unpaired) electrons. The average molecular weight is 399 g/mol. The molecule has 0 bridgehead atoms. The Morgan fingerprint density at radius 2 is 2.10 bits per heavy atom. The van der Waals surface area contributed by atoms with Gasteiger partial charge in [-0.1, -0.05) is 30.3 Å². The van der Waals surface area contributed by atoms with Crippen molar-refractivity contribution >= 4 is 17.8 Å². The number of hydrogen-bond acceptors (Lipinski definition) is 3. The van der Waals surface area contributed by atoms with E-state index in [1.165, 1.54) is 16.7 Å². The van der Waals surface area contributed by atoms with E-state index in [-0.39, 0.29) is 11.9 Å². The monoisotopic (exact) mass is 399 g/mol. The number of amides is 1. The Balaban J connectivity index is 1.36. The van der Waals surface area contributed by atoms with E-state index in [9.17, 15) is 4.79 Å². The Hall–Kier alpha value is -3.34. The summed E-state index contributed by atoms with van der Waals surface area (Å²) in [7, 11) is 0. The zero-order valence-electron chi connectivity index (χ0n) is 17.1. The summed E-state index contributed by atoms with van der Waals surface area (Å²) in [6.07, 6.45) is 9.43. The zero-order chi connectivity index (χ0) is 20.5. The van der Waals surface area contributed by atoms with E-state index < -0.39 is 0 Å². The molecule has 1 atom stereocenters. The van der Waals surface area contributed by atoms with Crippen LogP contribution < -0.4 is 10.1 Å². The van der Waals surface area contributed by atoms with E-state index in [0.717, 1.165) is 55.0 Å². The predicted octanol–water partition coefficient (Wildman–Crippen LogP) is 4.70. The summed E-state index contributed by atoms with van der Waals surface area (Å²) >= 11 is 0. The van der Waals surface area contributed by atoms with Gasteiger partial charge in [0.05, 0.1) is 18.8 Å². The molecule has 0 saturated carbocycles. The molecule has 152 valence electrons. The highest BCUT2D eigenvalue weighted by atomic mass is 16.5. The summed E-state index contributed by atoms with van der Waals surface area (Å²) < 4.78 is 7.52. The van der Waals surface area contributed by atoms with E-state index in [1.807, 2.05) is 36.0 Å². The lowest BCUT2D eigenvalue weighted by atomic mass is 9.88. The molecule has 1 aromatic heterocycles. The number of rotatable bonds is 4. The average Bonchev–Trinajstić information content (AvgIpc) is 3.38. The Morgan fingerprint density at radius 1 is 1.20 bits per heavy atom. The molecular weight excluding hydrogens is 374 g/mol. The molecule has 5 rings (SSSR count). The van der Waals surface area contributed by atoms with Crippen molar-refractivity contribution in [1.82, 2.24) is 9.78 Å². The number of anilines is 1. The molecule has 1 amide bonds. The minimum atomic E-state index is -0.152. The number of carbonyl (C=O) groups excluding carboxylic acids is 1. The third kappa shape index (κ3) is 3.52. The second-order valence-electron chi connectivity index (χ2n) is 8.02. The van der Waals surface area contributed by atoms with Gasteiger partial charge >= 0.3 is 0 Å². The van der Waals surface area contributed by atoms with Gasteiger partial charge in [0.25, 0.3) is 0 Å². The van der Waals surface area contributed by atoms with Crippen molar-refractivity contribution in [3.8, 4) is 5.75 Å². The summed E-state index contributed by atoms with van der Waals surface area (Å²) in [5.41, 5.74) is 5.84. The second-order valence-corrected chi connectivity index (χ2v) is 8.02. The van der Waals surface area contributed by atoms with Gasteiger partial charge in [0.15, 0.2) is 0 Å². The van der Waals surface area contributed by atoms with Crippen LogP contribution in [0.25, 0.3) is 6.08 Å². The minimum Gasteiger partial charge on any atom is -0.493 e. The SMILES string of the molecule is Cc1cnn(C2CCCc3ccccc32)c1NC(=O)/C=C/c1ccc2c(c1)CCO2. The molecule has 0 fully saturated rings. The van der Waals surface area contributed by atoms with Crippen LogP contribution in [-0.4, -0.2) is 22.3 Å². The highest BCUT2D eigenvalue weighted by Crippen LogP contribution is 2.35. The number of benzene rings is 2. The maximum Gasteiger partial charge on any atom is 0.249 e. The Morgan fingerprint density at radius 3 is 3.03 bits per heavy atom. The number of hydrogen-bond donors (Lipinski definition) is 1. The fraction of sp³-hybridized carbons (Fsp3) is 0.280.